The van der Waals surface area contributed by atoms with Crippen LogP contribution in [0.15, 0.2) is 65.3 Å². The van der Waals surface area contributed by atoms with Crippen LogP contribution in [0, 0.1) is 0 Å². The van der Waals surface area contributed by atoms with E-state index in [0.29, 0.717) is 0 Å². The van der Waals surface area contributed by atoms with Crippen LogP contribution in [0.1, 0.15) is 25.0 Å². The molecule has 6 rings (SSSR count). The van der Waals surface area contributed by atoms with Crippen LogP contribution in [-0.4, -0.2) is 9.97 Å². The van der Waals surface area contributed by atoms with Crippen LogP contribution in [0.25, 0.3) is 44.1 Å². The fourth-order valence-corrected chi connectivity index (χ4v) is 4.60. The minimum absolute atomic E-state index is 0.125. The molecular weight excluding hydrogens is 320 g/mol. The summed E-state index contributed by atoms with van der Waals surface area (Å²) in [5.74, 6) is 0. The SMILES string of the molecule is CC1(C)c2cccnc2-c2ccc3oc4cnc5ccccc5c4c3c21. The fraction of sp³-hybridized carbons (Fsp3) is 0.130. The maximum absolute atomic E-state index is 6.20. The van der Waals surface area contributed by atoms with Crippen LogP contribution in [0.2, 0.25) is 0 Å². The summed E-state index contributed by atoms with van der Waals surface area (Å²) >= 11 is 0. The standard InChI is InChI=1S/C23H16N2O/c1-23(2)15-7-5-11-24-22(15)14-9-10-17-20(21(14)23)19-13-6-3-4-8-16(13)25-12-18(19)26-17/h3-12H,1-2H3. The Morgan fingerprint density at radius 3 is 2.65 bits per heavy atom. The van der Waals surface area contributed by atoms with Crippen molar-refractivity contribution in [2.24, 2.45) is 0 Å². The smallest absolute Gasteiger partial charge is 0.154 e. The van der Waals surface area contributed by atoms with Crippen LogP contribution < -0.4 is 0 Å². The molecule has 0 N–H and O–H groups in total. The molecule has 0 bridgehead atoms. The van der Waals surface area contributed by atoms with Gasteiger partial charge in [-0.25, -0.2) is 0 Å². The van der Waals surface area contributed by atoms with Gasteiger partial charge in [0.2, 0.25) is 0 Å². The number of pyridine rings is 2. The highest BCUT2D eigenvalue weighted by atomic mass is 16.3. The molecule has 0 spiro atoms. The second-order valence-corrected chi connectivity index (χ2v) is 7.50. The van der Waals surface area contributed by atoms with Crippen LogP contribution >= 0.6 is 0 Å². The zero-order valence-electron chi connectivity index (χ0n) is 14.6. The van der Waals surface area contributed by atoms with Crippen molar-refractivity contribution < 1.29 is 4.42 Å². The van der Waals surface area contributed by atoms with Gasteiger partial charge in [0.25, 0.3) is 0 Å². The van der Waals surface area contributed by atoms with Crippen molar-refractivity contribution >= 4 is 32.8 Å². The van der Waals surface area contributed by atoms with E-state index in [1.807, 2.05) is 24.5 Å². The first kappa shape index (κ1) is 14.0. The number of rotatable bonds is 0. The van der Waals surface area contributed by atoms with Crippen molar-refractivity contribution in [3.8, 4) is 11.3 Å². The van der Waals surface area contributed by atoms with Gasteiger partial charge in [0.05, 0.1) is 17.4 Å². The van der Waals surface area contributed by atoms with Gasteiger partial charge in [-0.3, -0.25) is 9.97 Å². The second kappa shape index (κ2) is 4.50. The average Bonchev–Trinajstić information content (AvgIpc) is 3.15. The number of aromatic nitrogens is 2. The molecule has 2 aromatic carbocycles. The molecule has 26 heavy (non-hydrogen) atoms. The van der Waals surface area contributed by atoms with E-state index in [9.17, 15) is 0 Å². The molecule has 3 heteroatoms. The maximum Gasteiger partial charge on any atom is 0.154 e. The Bertz CT molecular complexity index is 1360. The van der Waals surface area contributed by atoms with Crippen molar-refractivity contribution in [3.05, 3.63) is 72.1 Å². The third-order valence-electron chi connectivity index (χ3n) is 5.74. The van der Waals surface area contributed by atoms with E-state index in [1.165, 1.54) is 22.1 Å². The number of benzene rings is 2. The third-order valence-corrected chi connectivity index (χ3v) is 5.74. The van der Waals surface area contributed by atoms with Crippen molar-refractivity contribution in [3.63, 3.8) is 0 Å². The quantitative estimate of drug-likeness (QED) is 0.357. The largest absolute Gasteiger partial charge is 0.454 e. The molecule has 1 aliphatic carbocycles. The van der Waals surface area contributed by atoms with Gasteiger partial charge in [0, 0.05) is 33.3 Å². The maximum atomic E-state index is 6.20. The summed E-state index contributed by atoms with van der Waals surface area (Å²) in [6, 6.07) is 16.7. The van der Waals surface area contributed by atoms with Crippen molar-refractivity contribution in [1.29, 1.82) is 0 Å². The van der Waals surface area contributed by atoms with E-state index in [1.54, 1.807) is 0 Å². The molecule has 5 aromatic rings. The Morgan fingerprint density at radius 2 is 1.73 bits per heavy atom. The first-order valence-corrected chi connectivity index (χ1v) is 8.85. The molecule has 0 saturated carbocycles. The zero-order valence-corrected chi connectivity index (χ0v) is 14.6. The van der Waals surface area contributed by atoms with Crippen LogP contribution in [0.5, 0.6) is 0 Å². The van der Waals surface area contributed by atoms with Crippen LogP contribution in [-0.2, 0) is 5.41 Å². The fourth-order valence-electron chi connectivity index (χ4n) is 4.60. The molecular formula is C23H16N2O. The lowest BCUT2D eigenvalue weighted by molar-refractivity contribution is 0.655. The van der Waals surface area contributed by atoms with E-state index in [0.717, 1.165) is 33.1 Å². The molecule has 0 aliphatic heterocycles. The number of fused-ring (bicyclic) bond motifs is 9. The average molecular weight is 336 g/mol. The molecule has 124 valence electrons. The summed E-state index contributed by atoms with van der Waals surface area (Å²) in [6.07, 6.45) is 3.72. The van der Waals surface area contributed by atoms with E-state index >= 15 is 0 Å². The first-order valence-electron chi connectivity index (χ1n) is 8.85. The predicted molar refractivity (Wildman–Crippen MR) is 104 cm³/mol. The Morgan fingerprint density at radius 1 is 0.846 bits per heavy atom. The van der Waals surface area contributed by atoms with Gasteiger partial charge in [-0.05, 0) is 35.4 Å². The highest BCUT2D eigenvalue weighted by Gasteiger charge is 2.39. The predicted octanol–water partition coefficient (Wildman–Crippen LogP) is 5.84. The molecule has 0 fully saturated rings. The number of furan rings is 1. The van der Waals surface area contributed by atoms with Crippen molar-refractivity contribution in [1.82, 2.24) is 9.97 Å². The molecule has 3 aromatic heterocycles. The van der Waals surface area contributed by atoms with Crippen LogP contribution in [0.3, 0.4) is 0 Å². The molecule has 0 radical (unpaired) electrons. The number of hydrogen-bond acceptors (Lipinski definition) is 3. The Kier molecular flexibility index (Phi) is 2.42. The number of nitrogens with zero attached hydrogens (tertiary/aromatic N) is 2. The molecule has 1 aliphatic rings. The van der Waals surface area contributed by atoms with E-state index in [4.69, 9.17) is 4.42 Å². The third kappa shape index (κ3) is 1.54. The summed E-state index contributed by atoms with van der Waals surface area (Å²) in [5.41, 5.74) is 7.49. The minimum Gasteiger partial charge on any atom is -0.454 e. The Labute approximate surface area is 150 Å². The number of hydrogen-bond donors (Lipinski definition) is 0. The van der Waals surface area contributed by atoms with Gasteiger partial charge in [-0.15, -0.1) is 0 Å². The van der Waals surface area contributed by atoms with Crippen molar-refractivity contribution in [2.45, 2.75) is 19.3 Å². The van der Waals surface area contributed by atoms with Gasteiger partial charge >= 0.3 is 0 Å². The molecule has 0 amide bonds. The van der Waals surface area contributed by atoms with E-state index < -0.39 is 0 Å². The van der Waals surface area contributed by atoms with Crippen molar-refractivity contribution in [2.75, 3.05) is 0 Å². The summed E-state index contributed by atoms with van der Waals surface area (Å²) in [7, 11) is 0. The summed E-state index contributed by atoms with van der Waals surface area (Å²) in [5, 5.41) is 3.49. The van der Waals surface area contributed by atoms with E-state index in [2.05, 4.69) is 60.2 Å². The summed E-state index contributed by atoms with van der Waals surface area (Å²) in [6.45, 7) is 4.56. The summed E-state index contributed by atoms with van der Waals surface area (Å²) in [4.78, 5) is 9.25. The molecule has 3 nitrogen and oxygen atoms in total. The van der Waals surface area contributed by atoms with E-state index in [-0.39, 0.29) is 5.41 Å². The molecule has 0 atom stereocenters. The molecule has 0 unspecified atom stereocenters. The molecule has 0 saturated heterocycles. The van der Waals surface area contributed by atoms with Gasteiger partial charge in [-0.1, -0.05) is 38.1 Å². The Hall–Kier alpha value is -3.20. The van der Waals surface area contributed by atoms with Crippen LogP contribution in [0.4, 0.5) is 0 Å². The second-order valence-electron chi connectivity index (χ2n) is 7.50. The highest BCUT2D eigenvalue weighted by molar-refractivity contribution is 6.20. The summed E-state index contributed by atoms with van der Waals surface area (Å²) < 4.78 is 6.20. The zero-order chi connectivity index (χ0) is 17.5. The first-order chi connectivity index (χ1) is 12.7. The lowest BCUT2D eigenvalue weighted by Crippen LogP contribution is -2.15. The highest BCUT2D eigenvalue weighted by Crippen LogP contribution is 2.52. The molecule has 3 heterocycles. The topological polar surface area (TPSA) is 38.9 Å². The van der Waals surface area contributed by atoms with Gasteiger partial charge in [0.15, 0.2) is 5.58 Å². The Balaban J connectivity index is 1.89. The van der Waals surface area contributed by atoms with Gasteiger partial charge < -0.3 is 4.42 Å². The van der Waals surface area contributed by atoms with Gasteiger partial charge in [0.1, 0.15) is 5.58 Å². The van der Waals surface area contributed by atoms with Gasteiger partial charge in [-0.2, -0.15) is 0 Å². The lowest BCUT2D eigenvalue weighted by atomic mass is 9.80. The minimum atomic E-state index is -0.125. The monoisotopic (exact) mass is 336 g/mol. The number of para-hydroxylation sites is 1. The lowest BCUT2D eigenvalue weighted by Gasteiger charge is -2.21. The normalized spacial score (nSPS) is 14.8.